The maximum absolute atomic E-state index is 12.3. The molecule has 92 valence electrons. The third-order valence-electron chi connectivity index (χ3n) is 1.58. The van der Waals surface area contributed by atoms with Gasteiger partial charge in [0, 0.05) is 12.4 Å². The monoisotopic (exact) mass is 256 g/mol. The standard InChI is InChI=1S/C7H11F3N4OS/c1-2-15-3-4-16-6-13-12-5(14(6)11)7(8,9)10/h2-4,11H2,1H3. The van der Waals surface area contributed by atoms with E-state index in [2.05, 4.69) is 10.2 Å². The van der Waals surface area contributed by atoms with E-state index in [0.29, 0.717) is 23.6 Å². The van der Waals surface area contributed by atoms with Crippen LogP contribution in [0.1, 0.15) is 12.7 Å². The Morgan fingerprint density at radius 3 is 2.62 bits per heavy atom. The minimum Gasteiger partial charge on any atom is -0.381 e. The molecule has 0 spiro atoms. The summed E-state index contributed by atoms with van der Waals surface area (Å²) in [6, 6.07) is 0. The van der Waals surface area contributed by atoms with Crippen molar-refractivity contribution < 1.29 is 17.9 Å². The summed E-state index contributed by atoms with van der Waals surface area (Å²) in [7, 11) is 0. The van der Waals surface area contributed by atoms with Crippen molar-refractivity contribution in [2.24, 2.45) is 0 Å². The number of nitrogens with two attached hydrogens (primary N) is 1. The molecular weight excluding hydrogens is 245 g/mol. The molecular formula is C7H11F3N4OS. The highest BCUT2D eigenvalue weighted by molar-refractivity contribution is 7.99. The molecule has 0 unspecified atom stereocenters. The van der Waals surface area contributed by atoms with Gasteiger partial charge in [-0.15, -0.1) is 10.2 Å². The van der Waals surface area contributed by atoms with Gasteiger partial charge in [-0.05, 0) is 6.92 Å². The van der Waals surface area contributed by atoms with Crippen LogP contribution in [-0.4, -0.2) is 33.8 Å². The molecule has 0 atom stereocenters. The zero-order valence-corrected chi connectivity index (χ0v) is 9.31. The molecule has 0 aliphatic rings. The Bertz CT molecular complexity index is 341. The van der Waals surface area contributed by atoms with E-state index in [9.17, 15) is 13.2 Å². The summed E-state index contributed by atoms with van der Waals surface area (Å²) in [5, 5.41) is 6.36. The van der Waals surface area contributed by atoms with Crippen LogP contribution in [0.25, 0.3) is 0 Å². The van der Waals surface area contributed by atoms with Gasteiger partial charge < -0.3 is 10.6 Å². The van der Waals surface area contributed by atoms with Crippen molar-refractivity contribution in [3.63, 3.8) is 0 Å². The molecule has 0 bridgehead atoms. The number of halogens is 3. The van der Waals surface area contributed by atoms with Crippen LogP contribution in [0.2, 0.25) is 0 Å². The number of hydrogen-bond acceptors (Lipinski definition) is 5. The lowest BCUT2D eigenvalue weighted by atomic mass is 10.6. The molecule has 0 fully saturated rings. The van der Waals surface area contributed by atoms with Crippen molar-refractivity contribution in [3.8, 4) is 0 Å². The first kappa shape index (κ1) is 13.1. The highest BCUT2D eigenvalue weighted by Crippen LogP contribution is 2.28. The summed E-state index contributed by atoms with van der Waals surface area (Å²) in [4.78, 5) is 0. The molecule has 0 radical (unpaired) electrons. The number of ether oxygens (including phenoxy) is 1. The van der Waals surface area contributed by atoms with Crippen molar-refractivity contribution in [1.82, 2.24) is 14.9 Å². The van der Waals surface area contributed by atoms with E-state index in [-0.39, 0.29) is 5.16 Å². The van der Waals surface area contributed by atoms with Gasteiger partial charge in [0.05, 0.1) is 6.61 Å². The Hall–Kier alpha value is -0.960. The summed E-state index contributed by atoms with van der Waals surface area (Å²) in [6.07, 6.45) is -4.58. The Labute approximate surface area is 94.1 Å². The fourth-order valence-electron chi connectivity index (χ4n) is 0.905. The van der Waals surface area contributed by atoms with Crippen LogP contribution in [-0.2, 0) is 10.9 Å². The molecule has 1 aromatic heterocycles. The van der Waals surface area contributed by atoms with Crippen LogP contribution >= 0.6 is 11.8 Å². The fraction of sp³-hybridized carbons (Fsp3) is 0.714. The maximum atomic E-state index is 12.3. The van der Waals surface area contributed by atoms with E-state index in [1.54, 1.807) is 0 Å². The zero-order chi connectivity index (χ0) is 12.2. The molecule has 9 heteroatoms. The van der Waals surface area contributed by atoms with Crippen molar-refractivity contribution in [2.75, 3.05) is 24.8 Å². The van der Waals surface area contributed by atoms with Crippen LogP contribution in [0.5, 0.6) is 0 Å². The lowest BCUT2D eigenvalue weighted by Crippen LogP contribution is -2.21. The average Bonchev–Trinajstić information content (AvgIpc) is 2.54. The highest BCUT2D eigenvalue weighted by Gasteiger charge is 2.38. The van der Waals surface area contributed by atoms with Gasteiger partial charge in [0.2, 0.25) is 5.16 Å². The second-order valence-corrected chi connectivity index (χ2v) is 3.78. The number of rotatable bonds is 5. The van der Waals surface area contributed by atoms with Crippen molar-refractivity contribution in [1.29, 1.82) is 0 Å². The summed E-state index contributed by atoms with van der Waals surface area (Å²) < 4.78 is 42.3. The number of alkyl halides is 3. The second kappa shape index (κ2) is 5.39. The number of hydrogen-bond donors (Lipinski definition) is 1. The molecule has 5 nitrogen and oxygen atoms in total. The summed E-state index contributed by atoms with van der Waals surface area (Å²) in [5.41, 5.74) is 0. The molecule has 2 N–H and O–H groups in total. The van der Waals surface area contributed by atoms with Gasteiger partial charge in [0.25, 0.3) is 5.82 Å². The first-order valence-corrected chi connectivity index (χ1v) is 5.43. The molecule has 0 saturated heterocycles. The first-order chi connectivity index (χ1) is 7.46. The number of aromatic nitrogens is 3. The lowest BCUT2D eigenvalue weighted by Gasteiger charge is -2.05. The third-order valence-corrected chi connectivity index (χ3v) is 2.49. The van der Waals surface area contributed by atoms with E-state index in [1.807, 2.05) is 6.92 Å². The largest absolute Gasteiger partial charge is 0.453 e. The highest BCUT2D eigenvalue weighted by atomic mass is 32.2. The third kappa shape index (κ3) is 3.27. The minimum atomic E-state index is -4.58. The number of nitrogens with zero attached hydrogens (tertiary/aromatic N) is 3. The van der Waals surface area contributed by atoms with Gasteiger partial charge in [-0.3, -0.25) is 0 Å². The molecule has 0 aliphatic heterocycles. The minimum absolute atomic E-state index is 0.0204. The summed E-state index contributed by atoms with van der Waals surface area (Å²) in [6.45, 7) is 2.82. The van der Waals surface area contributed by atoms with Crippen LogP contribution < -0.4 is 5.84 Å². The molecule has 0 amide bonds. The van der Waals surface area contributed by atoms with Crippen molar-refractivity contribution in [3.05, 3.63) is 5.82 Å². The van der Waals surface area contributed by atoms with Crippen molar-refractivity contribution >= 4 is 11.8 Å². The Kier molecular flexibility index (Phi) is 4.42. The van der Waals surface area contributed by atoms with Gasteiger partial charge >= 0.3 is 6.18 Å². The molecule has 0 aromatic carbocycles. The normalized spacial score (nSPS) is 12.0. The first-order valence-electron chi connectivity index (χ1n) is 4.45. The van der Waals surface area contributed by atoms with Gasteiger partial charge in [-0.1, -0.05) is 11.8 Å². The predicted octanol–water partition coefficient (Wildman–Crippen LogP) is 1.14. The molecule has 1 heterocycles. The number of thioether (sulfide) groups is 1. The van der Waals surface area contributed by atoms with E-state index < -0.39 is 12.0 Å². The Balaban J connectivity index is 2.59. The second-order valence-electron chi connectivity index (χ2n) is 2.72. The van der Waals surface area contributed by atoms with E-state index >= 15 is 0 Å². The Morgan fingerprint density at radius 1 is 1.44 bits per heavy atom. The van der Waals surface area contributed by atoms with Crippen LogP contribution in [0.3, 0.4) is 0 Å². The number of nitrogen functional groups attached to an aromatic ring is 1. The van der Waals surface area contributed by atoms with Gasteiger partial charge in [0.15, 0.2) is 0 Å². The molecule has 16 heavy (non-hydrogen) atoms. The fourth-order valence-corrected chi connectivity index (χ4v) is 1.61. The molecule has 1 aromatic rings. The van der Waals surface area contributed by atoms with E-state index in [1.165, 1.54) is 0 Å². The van der Waals surface area contributed by atoms with Gasteiger partial charge in [-0.25, -0.2) is 4.68 Å². The molecule has 0 aliphatic carbocycles. The van der Waals surface area contributed by atoms with Gasteiger partial charge in [0.1, 0.15) is 0 Å². The van der Waals surface area contributed by atoms with Crippen LogP contribution in [0.15, 0.2) is 5.16 Å². The zero-order valence-electron chi connectivity index (χ0n) is 8.49. The summed E-state index contributed by atoms with van der Waals surface area (Å²) >= 11 is 1.06. The van der Waals surface area contributed by atoms with E-state index in [4.69, 9.17) is 10.6 Å². The quantitative estimate of drug-likeness (QED) is 0.486. The predicted molar refractivity (Wildman–Crippen MR) is 52.4 cm³/mol. The topological polar surface area (TPSA) is 66.0 Å². The van der Waals surface area contributed by atoms with Crippen LogP contribution in [0.4, 0.5) is 13.2 Å². The van der Waals surface area contributed by atoms with Crippen LogP contribution in [0, 0.1) is 0 Å². The van der Waals surface area contributed by atoms with E-state index in [0.717, 1.165) is 11.8 Å². The molecule has 1 rings (SSSR count). The Morgan fingerprint density at radius 2 is 2.12 bits per heavy atom. The average molecular weight is 256 g/mol. The lowest BCUT2D eigenvalue weighted by molar-refractivity contribution is -0.146. The summed E-state index contributed by atoms with van der Waals surface area (Å²) in [5.74, 6) is 4.49. The van der Waals surface area contributed by atoms with Crippen molar-refractivity contribution in [2.45, 2.75) is 18.3 Å². The van der Waals surface area contributed by atoms with Gasteiger partial charge in [-0.2, -0.15) is 13.2 Å². The molecule has 0 saturated carbocycles. The SMILES string of the molecule is CCOCCSc1nnc(C(F)(F)F)n1N. The smallest absolute Gasteiger partial charge is 0.381 e. The maximum Gasteiger partial charge on any atom is 0.453 e.